The van der Waals surface area contributed by atoms with E-state index in [9.17, 15) is 22.8 Å². The van der Waals surface area contributed by atoms with E-state index in [4.69, 9.17) is 0 Å². The van der Waals surface area contributed by atoms with Gasteiger partial charge in [-0.2, -0.15) is 0 Å². The molecule has 2 aromatic carbocycles. The van der Waals surface area contributed by atoms with Crippen LogP contribution in [0.25, 0.3) is 0 Å². The predicted octanol–water partition coefficient (Wildman–Crippen LogP) is 2.26. The first kappa shape index (κ1) is 20.1. The third kappa shape index (κ3) is 4.32. The van der Waals surface area contributed by atoms with Crippen molar-refractivity contribution in [3.05, 3.63) is 59.2 Å². The minimum absolute atomic E-state index is 0.0456. The number of carbonyl (C=O) groups is 3. The van der Waals surface area contributed by atoms with Gasteiger partial charge in [0, 0.05) is 5.56 Å². The summed E-state index contributed by atoms with van der Waals surface area (Å²) in [5, 5.41) is 0. The van der Waals surface area contributed by atoms with Crippen LogP contribution in [0.3, 0.4) is 0 Å². The number of para-hydroxylation sites is 1. The van der Waals surface area contributed by atoms with Crippen molar-refractivity contribution >= 4 is 33.4 Å². The van der Waals surface area contributed by atoms with Crippen LogP contribution in [0.1, 0.15) is 38.0 Å². The molecule has 27 heavy (non-hydrogen) atoms. The highest BCUT2D eigenvalue weighted by molar-refractivity contribution is 7.92. The Morgan fingerprint density at radius 2 is 1.52 bits per heavy atom. The van der Waals surface area contributed by atoms with Gasteiger partial charge in [0.2, 0.25) is 0 Å². The summed E-state index contributed by atoms with van der Waals surface area (Å²) >= 11 is 0. The molecule has 0 radical (unpaired) electrons. The molecule has 0 aliphatic carbocycles. The number of esters is 2. The summed E-state index contributed by atoms with van der Waals surface area (Å²) in [5.41, 5.74) is -0.127. The fourth-order valence-corrected chi connectivity index (χ4v) is 3.65. The van der Waals surface area contributed by atoms with Crippen LogP contribution in [0.4, 0.5) is 5.69 Å². The Balaban J connectivity index is 2.61. The third-order valence-corrected chi connectivity index (χ3v) is 5.05. The Morgan fingerprint density at radius 3 is 2.11 bits per heavy atom. The number of carbonyl (C=O) groups excluding carboxylic acids is 3. The standard InChI is InChI=1S/C18H17NO7S/c1-11(20)13-6-4-5-7-15(13)19-27(23,24)16-10-12(17(21)25-2)8-9-14(16)18(22)26-3/h4-10,19H,1-3H3. The zero-order chi connectivity index (χ0) is 20.2. The van der Waals surface area contributed by atoms with E-state index in [0.717, 1.165) is 26.4 Å². The van der Waals surface area contributed by atoms with Gasteiger partial charge in [-0.1, -0.05) is 12.1 Å². The molecule has 0 saturated heterocycles. The molecule has 0 amide bonds. The molecule has 2 aromatic rings. The Hall–Kier alpha value is -3.20. The zero-order valence-electron chi connectivity index (χ0n) is 14.8. The van der Waals surface area contributed by atoms with Crippen LogP contribution in [0, 0.1) is 0 Å². The highest BCUT2D eigenvalue weighted by Crippen LogP contribution is 2.24. The summed E-state index contributed by atoms with van der Waals surface area (Å²) in [4.78, 5) is 35.0. The molecule has 0 aromatic heterocycles. The number of benzene rings is 2. The van der Waals surface area contributed by atoms with E-state index in [2.05, 4.69) is 14.2 Å². The lowest BCUT2D eigenvalue weighted by molar-refractivity contribution is 0.0583. The summed E-state index contributed by atoms with van der Waals surface area (Å²) < 4.78 is 37.3. The van der Waals surface area contributed by atoms with E-state index >= 15 is 0 Å². The number of Topliss-reactive ketones (excluding diaryl/α,β-unsaturated/α-hetero) is 1. The SMILES string of the molecule is COC(=O)c1ccc(C(=O)OC)c(S(=O)(=O)Nc2ccccc2C(C)=O)c1. The molecule has 2 rings (SSSR count). The first-order valence-corrected chi connectivity index (χ1v) is 9.13. The summed E-state index contributed by atoms with van der Waals surface area (Å²) in [6, 6.07) is 9.44. The van der Waals surface area contributed by atoms with Crippen molar-refractivity contribution in [2.45, 2.75) is 11.8 Å². The Kier molecular flexibility index (Phi) is 5.96. The summed E-state index contributed by atoms with van der Waals surface area (Å²) in [5.74, 6) is -2.01. The second-order valence-corrected chi connectivity index (χ2v) is 7.05. The van der Waals surface area contributed by atoms with Crippen LogP contribution in [0.2, 0.25) is 0 Å². The molecule has 0 spiro atoms. The molecular formula is C18H17NO7S. The van der Waals surface area contributed by atoms with Gasteiger partial charge >= 0.3 is 11.9 Å². The summed E-state index contributed by atoms with van der Waals surface area (Å²) in [6.07, 6.45) is 0. The number of anilines is 1. The lowest BCUT2D eigenvalue weighted by Crippen LogP contribution is -2.20. The van der Waals surface area contributed by atoms with E-state index in [1.54, 1.807) is 12.1 Å². The summed E-state index contributed by atoms with van der Waals surface area (Å²) in [6.45, 7) is 1.30. The predicted molar refractivity (Wildman–Crippen MR) is 96.4 cm³/mol. The van der Waals surface area contributed by atoms with Gasteiger partial charge in [-0.05, 0) is 37.3 Å². The number of hydrogen-bond acceptors (Lipinski definition) is 7. The zero-order valence-corrected chi connectivity index (χ0v) is 15.6. The van der Waals surface area contributed by atoms with Crippen molar-refractivity contribution < 1.29 is 32.3 Å². The monoisotopic (exact) mass is 391 g/mol. The van der Waals surface area contributed by atoms with Crippen molar-refractivity contribution in [3.63, 3.8) is 0 Å². The fourth-order valence-electron chi connectivity index (χ4n) is 2.35. The van der Waals surface area contributed by atoms with Gasteiger partial charge < -0.3 is 9.47 Å². The van der Waals surface area contributed by atoms with E-state index in [0.29, 0.717) is 0 Å². The first-order chi connectivity index (χ1) is 12.7. The third-order valence-electron chi connectivity index (χ3n) is 3.65. The smallest absolute Gasteiger partial charge is 0.339 e. The molecule has 0 heterocycles. The van der Waals surface area contributed by atoms with Crippen LogP contribution in [-0.2, 0) is 19.5 Å². The average molecular weight is 391 g/mol. The molecule has 142 valence electrons. The molecule has 0 aliphatic heterocycles. The van der Waals surface area contributed by atoms with E-state index in [-0.39, 0.29) is 28.2 Å². The number of sulfonamides is 1. The number of methoxy groups -OCH3 is 2. The van der Waals surface area contributed by atoms with E-state index in [1.807, 2.05) is 0 Å². The van der Waals surface area contributed by atoms with Gasteiger partial charge in [-0.25, -0.2) is 18.0 Å². The van der Waals surface area contributed by atoms with Gasteiger partial charge in [0.1, 0.15) is 4.90 Å². The Labute approximate surface area is 156 Å². The lowest BCUT2D eigenvalue weighted by Gasteiger charge is -2.14. The maximum Gasteiger partial charge on any atom is 0.339 e. The molecule has 8 nitrogen and oxygen atoms in total. The Bertz CT molecular complexity index is 1010. The number of rotatable bonds is 6. The highest BCUT2D eigenvalue weighted by Gasteiger charge is 2.26. The van der Waals surface area contributed by atoms with Crippen LogP contribution >= 0.6 is 0 Å². The fraction of sp³-hybridized carbons (Fsp3) is 0.167. The van der Waals surface area contributed by atoms with E-state index in [1.165, 1.54) is 25.1 Å². The quantitative estimate of drug-likeness (QED) is 0.593. The van der Waals surface area contributed by atoms with Gasteiger partial charge in [0.25, 0.3) is 10.0 Å². The van der Waals surface area contributed by atoms with Crippen LogP contribution in [0.5, 0.6) is 0 Å². The van der Waals surface area contributed by atoms with Crippen molar-refractivity contribution in [1.29, 1.82) is 0 Å². The van der Waals surface area contributed by atoms with Crippen LogP contribution in [0.15, 0.2) is 47.4 Å². The highest BCUT2D eigenvalue weighted by atomic mass is 32.2. The van der Waals surface area contributed by atoms with Crippen LogP contribution in [-0.4, -0.2) is 40.4 Å². The minimum Gasteiger partial charge on any atom is -0.465 e. The van der Waals surface area contributed by atoms with E-state index < -0.39 is 26.9 Å². The minimum atomic E-state index is -4.33. The maximum atomic E-state index is 12.9. The first-order valence-electron chi connectivity index (χ1n) is 7.64. The molecule has 9 heteroatoms. The number of nitrogens with one attached hydrogen (secondary N) is 1. The molecule has 0 unspecified atom stereocenters. The van der Waals surface area contributed by atoms with Crippen molar-refractivity contribution in [3.8, 4) is 0 Å². The molecule has 0 saturated carbocycles. The topological polar surface area (TPSA) is 116 Å². The largest absolute Gasteiger partial charge is 0.465 e. The number of ketones is 1. The average Bonchev–Trinajstić information content (AvgIpc) is 2.66. The maximum absolute atomic E-state index is 12.9. The van der Waals surface area contributed by atoms with Gasteiger partial charge in [0.05, 0.1) is 31.0 Å². The molecular weight excluding hydrogens is 374 g/mol. The van der Waals surface area contributed by atoms with Crippen LogP contribution < -0.4 is 4.72 Å². The van der Waals surface area contributed by atoms with Gasteiger partial charge in [-0.3, -0.25) is 9.52 Å². The normalized spacial score (nSPS) is 10.8. The number of ether oxygens (including phenoxy) is 2. The number of hydrogen-bond donors (Lipinski definition) is 1. The van der Waals surface area contributed by atoms with Crippen molar-refractivity contribution in [2.75, 3.05) is 18.9 Å². The second kappa shape index (κ2) is 8.00. The van der Waals surface area contributed by atoms with Gasteiger partial charge in [0.15, 0.2) is 5.78 Å². The summed E-state index contributed by atoms with van der Waals surface area (Å²) in [7, 11) is -2.08. The Morgan fingerprint density at radius 1 is 0.889 bits per heavy atom. The molecule has 0 bridgehead atoms. The van der Waals surface area contributed by atoms with Gasteiger partial charge in [-0.15, -0.1) is 0 Å². The van der Waals surface area contributed by atoms with Crippen molar-refractivity contribution in [2.24, 2.45) is 0 Å². The second-order valence-electron chi connectivity index (χ2n) is 5.40. The molecule has 0 fully saturated rings. The lowest BCUT2D eigenvalue weighted by atomic mass is 10.1. The molecule has 1 N–H and O–H groups in total. The molecule has 0 atom stereocenters. The van der Waals surface area contributed by atoms with Crippen molar-refractivity contribution in [1.82, 2.24) is 0 Å². The molecule has 0 aliphatic rings.